The normalized spacial score (nSPS) is 12.3. The standard InChI is InChI=1S/C24H24ClFN2O3S/c1-16-4-11-22(12-5-16)32(30,31)28(23-13-8-20(25)14-17(23)2)15-24(29)27-18(3)19-6-9-21(26)10-7-19/h4-14,18H,15H2,1-3H3,(H,27,29). The van der Waals surface area contributed by atoms with Crippen LogP contribution >= 0.6 is 11.6 Å². The third kappa shape index (κ3) is 5.47. The van der Waals surface area contributed by atoms with Gasteiger partial charge in [-0.05, 0) is 74.4 Å². The van der Waals surface area contributed by atoms with Crippen molar-refractivity contribution in [2.75, 3.05) is 10.8 Å². The molecule has 0 spiro atoms. The first-order chi connectivity index (χ1) is 15.1. The second kappa shape index (κ2) is 9.71. The molecule has 0 heterocycles. The number of aryl methyl sites for hydroxylation is 2. The molecule has 0 fully saturated rings. The van der Waals surface area contributed by atoms with E-state index in [1.54, 1.807) is 56.3 Å². The van der Waals surface area contributed by atoms with Gasteiger partial charge in [-0.3, -0.25) is 9.10 Å². The number of hydrogen-bond acceptors (Lipinski definition) is 3. The molecule has 0 saturated heterocycles. The average molecular weight is 475 g/mol. The molecule has 0 aliphatic rings. The zero-order valence-electron chi connectivity index (χ0n) is 18.0. The van der Waals surface area contributed by atoms with Gasteiger partial charge >= 0.3 is 0 Å². The minimum absolute atomic E-state index is 0.0804. The number of carbonyl (C=O) groups is 1. The van der Waals surface area contributed by atoms with Crippen molar-refractivity contribution < 1.29 is 17.6 Å². The van der Waals surface area contributed by atoms with E-state index >= 15 is 0 Å². The first kappa shape index (κ1) is 23.8. The highest BCUT2D eigenvalue weighted by Gasteiger charge is 2.28. The summed E-state index contributed by atoms with van der Waals surface area (Å²) in [7, 11) is -4.03. The maximum atomic E-state index is 13.5. The molecule has 8 heteroatoms. The molecule has 1 amide bonds. The molecule has 3 aromatic carbocycles. The molecule has 0 saturated carbocycles. The van der Waals surface area contributed by atoms with Crippen LogP contribution in [-0.2, 0) is 14.8 Å². The molecule has 0 bridgehead atoms. The summed E-state index contributed by atoms with van der Waals surface area (Å²) in [5, 5.41) is 3.25. The lowest BCUT2D eigenvalue weighted by molar-refractivity contribution is -0.120. The van der Waals surface area contributed by atoms with E-state index in [0.29, 0.717) is 21.8 Å². The number of nitrogens with one attached hydrogen (secondary N) is 1. The highest BCUT2D eigenvalue weighted by Crippen LogP contribution is 2.29. The van der Waals surface area contributed by atoms with Crippen molar-refractivity contribution in [1.82, 2.24) is 5.32 Å². The third-order valence-corrected chi connectivity index (χ3v) is 7.08. The van der Waals surface area contributed by atoms with Crippen molar-refractivity contribution in [1.29, 1.82) is 0 Å². The fraction of sp³-hybridized carbons (Fsp3) is 0.208. The van der Waals surface area contributed by atoms with E-state index < -0.39 is 28.5 Å². The molecule has 32 heavy (non-hydrogen) atoms. The highest BCUT2D eigenvalue weighted by molar-refractivity contribution is 7.92. The summed E-state index contributed by atoms with van der Waals surface area (Å²) >= 11 is 6.05. The van der Waals surface area contributed by atoms with E-state index in [1.165, 1.54) is 24.3 Å². The van der Waals surface area contributed by atoms with Gasteiger partial charge in [0.15, 0.2) is 0 Å². The second-order valence-corrected chi connectivity index (χ2v) is 9.90. The van der Waals surface area contributed by atoms with Crippen LogP contribution in [0.4, 0.5) is 10.1 Å². The van der Waals surface area contributed by atoms with Crippen LogP contribution in [0, 0.1) is 19.7 Å². The smallest absolute Gasteiger partial charge is 0.264 e. The molecule has 0 radical (unpaired) electrons. The van der Waals surface area contributed by atoms with E-state index in [1.807, 2.05) is 6.92 Å². The zero-order valence-corrected chi connectivity index (χ0v) is 19.5. The number of nitrogens with zero attached hydrogens (tertiary/aromatic N) is 1. The number of halogens is 2. The Hall–Kier alpha value is -2.90. The second-order valence-electron chi connectivity index (χ2n) is 7.60. The maximum Gasteiger partial charge on any atom is 0.264 e. The summed E-state index contributed by atoms with van der Waals surface area (Å²) in [6, 6.07) is 16.6. The quantitative estimate of drug-likeness (QED) is 0.513. The van der Waals surface area contributed by atoms with Gasteiger partial charge in [0.05, 0.1) is 16.6 Å². The largest absolute Gasteiger partial charge is 0.348 e. The average Bonchev–Trinajstić information content (AvgIpc) is 2.73. The minimum atomic E-state index is -4.03. The third-order valence-electron chi connectivity index (χ3n) is 5.07. The molecular weight excluding hydrogens is 451 g/mol. The summed E-state index contributed by atoms with van der Waals surface area (Å²) in [6.07, 6.45) is 0. The van der Waals surface area contributed by atoms with Crippen molar-refractivity contribution in [3.63, 3.8) is 0 Å². The van der Waals surface area contributed by atoms with Crippen LogP contribution in [0.5, 0.6) is 0 Å². The van der Waals surface area contributed by atoms with Crippen molar-refractivity contribution in [3.05, 3.63) is 94.3 Å². The number of amides is 1. The number of hydrogen-bond donors (Lipinski definition) is 1. The molecule has 3 aromatic rings. The van der Waals surface area contributed by atoms with Crippen LogP contribution in [0.3, 0.4) is 0 Å². The Morgan fingerprint density at radius 3 is 2.25 bits per heavy atom. The summed E-state index contributed by atoms with van der Waals surface area (Å²) in [6.45, 7) is 4.92. The Bertz CT molecular complexity index is 1210. The lowest BCUT2D eigenvalue weighted by atomic mass is 10.1. The van der Waals surface area contributed by atoms with Crippen LogP contribution in [0.1, 0.15) is 29.7 Å². The number of carbonyl (C=O) groups excluding carboxylic acids is 1. The number of benzene rings is 3. The van der Waals surface area contributed by atoms with Gasteiger partial charge in [0.1, 0.15) is 12.4 Å². The molecule has 3 rings (SSSR count). The van der Waals surface area contributed by atoms with Gasteiger partial charge < -0.3 is 5.32 Å². The molecule has 0 aromatic heterocycles. The SMILES string of the molecule is Cc1ccc(S(=O)(=O)N(CC(=O)NC(C)c2ccc(F)cc2)c2ccc(Cl)cc2C)cc1. The molecular formula is C24H24ClFN2O3S. The van der Waals surface area contributed by atoms with Gasteiger partial charge in [0, 0.05) is 5.02 Å². The van der Waals surface area contributed by atoms with Crippen molar-refractivity contribution in [3.8, 4) is 0 Å². The lowest BCUT2D eigenvalue weighted by Gasteiger charge is -2.26. The van der Waals surface area contributed by atoms with Gasteiger partial charge in [0.25, 0.3) is 10.0 Å². The van der Waals surface area contributed by atoms with Crippen molar-refractivity contribution in [2.24, 2.45) is 0 Å². The molecule has 5 nitrogen and oxygen atoms in total. The van der Waals surface area contributed by atoms with E-state index in [4.69, 9.17) is 11.6 Å². The Morgan fingerprint density at radius 2 is 1.66 bits per heavy atom. The molecule has 168 valence electrons. The summed E-state index contributed by atoms with van der Waals surface area (Å²) in [5.41, 5.74) is 2.60. The van der Waals surface area contributed by atoms with Gasteiger partial charge in [-0.15, -0.1) is 0 Å². The maximum absolute atomic E-state index is 13.5. The van der Waals surface area contributed by atoms with Gasteiger partial charge in [-0.25, -0.2) is 12.8 Å². The minimum Gasteiger partial charge on any atom is -0.348 e. The van der Waals surface area contributed by atoms with Crippen LogP contribution < -0.4 is 9.62 Å². The van der Waals surface area contributed by atoms with Gasteiger partial charge in [-0.1, -0.05) is 41.4 Å². The zero-order chi connectivity index (χ0) is 23.5. The predicted molar refractivity (Wildman–Crippen MR) is 125 cm³/mol. The van der Waals surface area contributed by atoms with E-state index in [9.17, 15) is 17.6 Å². The fourth-order valence-corrected chi connectivity index (χ4v) is 5.00. The fourth-order valence-electron chi connectivity index (χ4n) is 3.29. The van der Waals surface area contributed by atoms with E-state index in [-0.39, 0.29) is 10.7 Å². The van der Waals surface area contributed by atoms with Crippen molar-refractivity contribution >= 4 is 33.2 Å². The van der Waals surface area contributed by atoms with Gasteiger partial charge in [0.2, 0.25) is 5.91 Å². The topological polar surface area (TPSA) is 66.5 Å². The molecule has 0 aliphatic heterocycles. The first-order valence-corrected chi connectivity index (χ1v) is 11.8. The van der Waals surface area contributed by atoms with Crippen molar-refractivity contribution in [2.45, 2.75) is 31.7 Å². The van der Waals surface area contributed by atoms with Crippen LogP contribution in [0.15, 0.2) is 71.6 Å². The Labute approximate surface area is 192 Å². The van der Waals surface area contributed by atoms with Crippen LogP contribution in [-0.4, -0.2) is 20.9 Å². The number of anilines is 1. The number of sulfonamides is 1. The Balaban J connectivity index is 1.92. The molecule has 1 atom stereocenters. The van der Waals surface area contributed by atoms with Crippen LogP contribution in [0.2, 0.25) is 5.02 Å². The molecule has 1 unspecified atom stereocenters. The summed E-state index contributed by atoms with van der Waals surface area (Å²) in [5.74, 6) is -0.868. The Morgan fingerprint density at radius 1 is 1.03 bits per heavy atom. The molecule has 0 aliphatic carbocycles. The lowest BCUT2D eigenvalue weighted by Crippen LogP contribution is -2.41. The van der Waals surface area contributed by atoms with Crippen LogP contribution in [0.25, 0.3) is 0 Å². The van der Waals surface area contributed by atoms with E-state index in [2.05, 4.69) is 5.32 Å². The molecule has 1 N–H and O–H groups in total. The van der Waals surface area contributed by atoms with E-state index in [0.717, 1.165) is 9.87 Å². The number of rotatable bonds is 7. The predicted octanol–water partition coefficient (Wildman–Crippen LogP) is 5.17. The summed E-state index contributed by atoms with van der Waals surface area (Å²) in [4.78, 5) is 13.0. The monoisotopic (exact) mass is 474 g/mol. The Kier molecular flexibility index (Phi) is 7.21. The highest BCUT2D eigenvalue weighted by atomic mass is 35.5. The summed E-state index contributed by atoms with van der Waals surface area (Å²) < 4.78 is 41.2. The van der Waals surface area contributed by atoms with Gasteiger partial charge in [-0.2, -0.15) is 0 Å². The first-order valence-electron chi connectivity index (χ1n) is 9.98.